The number of hydrogen-bond acceptors (Lipinski definition) is 5. The van der Waals surface area contributed by atoms with Gasteiger partial charge in [-0.05, 0) is 84.7 Å². The molecule has 2 N–H and O–H groups in total. The molecule has 5 rings (SSSR count). The topological polar surface area (TPSA) is 91.9 Å². The third kappa shape index (κ3) is 6.00. The molecule has 2 heterocycles. The highest BCUT2D eigenvalue weighted by Gasteiger charge is 2.33. The maximum absolute atomic E-state index is 13.5. The number of furan rings is 1. The summed E-state index contributed by atoms with van der Waals surface area (Å²) in [6.07, 6.45) is 4.39. The number of anilines is 1. The zero-order valence-electron chi connectivity index (χ0n) is 22.0. The Kier molecular flexibility index (Phi) is 7.47. The minimum atomic E-state index is -0.995. The number of carboxylic acids is 1. The number of carboxylic acid groups (broad SMARTS) is 1. The quantitative estimate of drug-likeness (QED) is 0.231. The summed E-state index contributed by atoms with van der Waals surface area (Å²) in [7, 11) is 0. The molecule has 1 amide bonds. The van der Waals surface area contributed by atoms with Crippen LogP contribution in [0.3, 0.4) is 0 Å². The van der Waals surface area contributed by atoms with E-state index in [2.05, 4.69) is 26.1 Å². The smallest absolute Gasteiger partial charge is 0.335 e. The Hall–Kier alpha value is -3.68. The van der Waals surface area contributed by atoms with Gasteiger partial charge in [0.25, 0.3) is 5.91 Å². The molecule has 0 unspecified atom stereocenters. The number of nitrogens with one attached hydrogen (secondary N) is 1. The van der Waals surface area contributed by atoms with E-state index in [1.165, 1.54) is 10.9 Å². The standard InChI is InChI=1S/C31H29ClN2O4S/c1-31(2,3)20-7-13-24-26(16-20)39-29(27(24)28(35)34-22-10-8-21(32)9-11-22)33-17-23-12-14-25(38-23)18-5-4-6-19(15-18)30(36)37/h4-6,8-12,14-15,17,20H,7,13,16H2,1-3H3,(H,34,35)(H,36,37)/t20-/m1/s1. The fourth-order valence-corrected chi connectivity index (χ4v) is 6.26. The maximum atomic E-state index is 13.5. The fourth-order valence-electron chi connectivity index (χ4n) is 4.87. The van der Waals surface area contributed by atoms with Gasteiger partial charge in [0, 0.05) is 21.2 Å². The van der Waals surface area contributed by atoms with Crippen molar-refractivity contribution in [3.8, 4) is 11.3 Å². The van der Waals surface area contributed by atoms with Crippen LogP contribution in [0.4, 0.5) is 10.7 Å². The average molecular weight is 561 g/mol. The molecule has 1 aliphatic rings. The molecular weight excluding hydrogens is 532 g/mol. The fraction of sp³-hybridized carbons (Fsp3) is 0.258. The van der Waals surface area contributed by atoms with Crippen LogP contribution in [0, 0.1) is 11.3 Å². The average Bonchev–Trinajstić information content (AvgIpc) is 3.52. The van der Waals surface area contributed by atoms with Crippen molar-refractivity contribution >= 4 is 51.7 Å². The van der Waals surface area contributed by atoms with Crippen LogP contribution < -0.4 is 5.32 Å². The van der Waals surface area contributed by atoms with E-state index in [4.69, 9.17) is 21.0 Å². The van der Waals surface area contributed by atoms with Crippen molar-refractivity contribution in [1.82, 2.24) is 0 Å². The summed E-state index contributed by atoms with van der Waals surface area (Å²) >= 11 is 7.58. The number of hydrogen-bond donors (Lipinski definition) is 2. The highest BCUT2D eigenvalue weighted by Crippen LogP contribution is 2.45. The minimum Gasteiger partial charge on any atom is -0.478 e. The van der Waals surface area contributed by atoms with Gasteiger partial charge < -0.3 is 14.8 Å². The summed E-state index contributed by atoms with van der Waals surface area (Å²) in [6, 6.07) is 17.2. The summed E-state index contributed by atoms with van der Waals surface area (Å²) in [5, 5.41) is 13.5. The van der Waals surface area contributed by atoms with E-state index in [0.717, 1.165) is 24.8 Å². The Morgan fingerprint density at radius 3 is 2.62 bits per heavy atom. The summed E-state index contributed by atoms with van der Waals surface area (Å²) in [6.45, 7) is 6.80. The first kappa shape index (κ1) is 26.9. The van der Waals surface area contributed by atoms with Gasteiger partial charge in [0.1, 0.15) is 16.5 Å². The number of benzene rings is 2. The number of halogens is 1. The van der Waals surface area contributed by atoms with Gasteiger partial charge in [-0.2, -0.15) is 0 Å². The van der Waals surface area contributed by atoms with E-state index in [9.17, 15) is 14.7 Å². The lowest BCUT2D eigenvalue weighted by Gasteiger charge is -2.33. The lowest BCUT2D eigenvalue weighted by molar-refractivity contribution is 0.0696. The molecular formula is C31H29ClN2O4S. The molecule has 1 atom stereocenters. The molecule has 1 aliphatic carbocycles. The Bertz CT molecular complexity index is 1560. The van der Waals surface area contributed by atoms with E-state index in [0.29, 0.717) is 44.3 Å². The predicted octanol–water partition coefficient (Wildman–Crippen LogP) is 8.51. The molecule has 200 valence electrons. The molecule has 0 fully saturated rings. The monoisotopic (exact) mass is 560 g/mol. The van der Waals surface area contributed by atoms with Gasteiger partial charge in [0.05, 0.1) is 17.3 Å². The molecule has 0 spiro atoms. The molecule has 0 radical (unpaired) electrons. The molecule has 2 aromatic heterocycles. The van der Waals surface area contributed by atoms with Crippen molar-refractivity contribution < 1.29 is 19.1 Å². The highest BCUT2D eigenvalue weighted by atomic mass is 35.5. The zero-order valence-corrected chi connectivity index (χ0v) is 23.5. The summed E-state index contributed by atoms with van der Waals surface area (Å²) in [4.78, 5) is 30.8. The lowest BCUT2D eigenvalue weighted by atomic mass is 9.72. The Labute approximate surface area is 236 Å². The largest absolute Gasteiger partial charge is 0.478 e. The number of carbonyl (C=O) groups excluding carboxylic acids is 1. The molecule has 8 heteroatoms. The molecule has 0 saturated carbocycles. The second kappa shape index (κ2) is 10.8. The third-order valence-electron chi connectivity index (χ3n) is 7.13. The van der Waals surface area contributed by atoms with E-state index in [1.54, 1.807) is 72.1 Å². The molecule has 6 nitrogen and oxygen atoms in total. The lowest BCUT2D eigenvalue weighted by Crippen LogP contribution is -2.27. The summed E-state index contributed by atoms with van der Waals surface area (Å²) in [5.41, 5.74) is 3.38. The van der Waals surface area contributed by atoms with Crippen LogP contribution in [0.1, 0.15) is 64.1 Å². The Morgan fingerprint density at radius 1 is 1.13 bits per heavy atom. The first-order chi connectivity index (χ1) is 18.6. The van der Waals surface area contributed by atoms with Gasteiger partial charge in [-0.1, -0.05) is 44.5 Å². The first-order valence-electron chi connectivity index (χ1n) is 12.8. The van der Waals surface area contributed by atoms with Gasteiger partial charge in [-0.15, -0.1) is 11.3 Å². The number of rotatable bonds is 6. The van der Waals surface area contributed by atoms with E-state index in [1.807, 2.05) is 0 Å². The number of carbonyl (C=O) groups is 2. The number of thiophene rings is 1. The van der Waals surface area contributed by atoms with Crippen molar-refractivity contribution in [3.63, 3.8) is 0 Å². The van der Waals surface area contributed by atoms with Gasteiger partial charge in [0.2, 0.25) is 0 Å². The van der Waals surface area contributed by atoms with Crippen molar-refractivity contribution in [2.75, 3.05) is 5.32 Å². The SMILES string of the molecule is CC(C)(C)[C@@H]1CCc2c(sc(N=Cc3ccc(-c4cccc(C(=O)O)c4)o3)c2C(=O)Nc2ccc(Cl)cc2)C1. The molecule has 2 aromatic carbocycles. The van der Waals surface area contributed by atoms with Crippen LogP contribution in [-0.4, -0.2) is 23.2 Å². The van der Waals surface area contributed by atoms with Gasteiger partial charge >= 0.3 is 5.97 Å². The number of nitrogens with zero attached hydrogens (tertiary/aromatic N) is 1. The van der Waals surface area contributed by atoms with Gasteiger partial charge in [-0.25, -0.2) is 9.79 Å². The van der Waals surface area contributed by atoms with Crippen molar-refractivity contribution in [1.29, 1.82) is 0 Å². The van der Waals surface area contributed by atoms with E-state index >= 15 is 0 Å². The minimum absolute atomic E-state index is 0.180. The summed E-state index contributed by atoms with van der Waals surface area (Å²) in [5.74, 6) is 0.390. The zero-order chi connectivity index (χ0) is 27.7. The molecule has 0 saturated heterocycles. The highest BCUT2D eigenvalue weighted by molar-refractivity contribution is 7.16. The second-order valence-corrected chi connectivity index (χ2v) is 12.3. The third-order valence-corrected chi connectivity index (χ3v) is 8.54. The van der Waals surface area contributed by atoms with Crippen LogP contribution in [-0.2, 0) is 12.8 Å². The number of aromatic carboxylic acids is 1. The van der Waals surface area contributed by atoms with Gasteiger partial charge in [0.15, 0.2) is 0 Å². The molecule has 0 aliphatic heterocycles. The first-order valence-corrected chi connectivity index (χ1v) is 14.0. The van der Waals surface area contributed by atoms with Crippen LogP contribution in [0.25, 0.3) is 11.3 Å². The molecule has 39 heavy (non-hydrogen) atoms. The second-order valence-electron chi connectivity index (χ2n) is 10.8. The van der Waals surface area contributed by atoms with Crippen LogP contribution in [0.2, 0.25) is 5.02 Å². The summed E-state index contributed by atoms with van der Waals surface area (Å²) < 4.78 is 5.95. The van der Waals surface area contributed by atoms with E-state index < -0.39 is 5.97 Å². The molecule has 4 aromatic rings. The molecule has 0 bridgehead atoms. The predicted molar refractivity (Wildman–Crippen MR) is 157 cm³/mol. The maximum Gasteiger partial charge on any atom is 0.335 e. The van der Waals surface area contributed by atoms with Crippen LogP contribution >= 0.6 is 22.9 Å². The number of amides is 1. The Balaban J connectivity index is 1.46. The van der Waals surface area contributed by atoms with Crippen molar-refractivity contribution in [2.45, 2.75) is 40.0 Å². The number of aliphatic imine (C=N–C) groups is 1. The Morgan fingerprint density at radius 2 is 1.90 bits per heavy atom. The van der Waals surface area contributed by atoms with Crippen molar-refractivity contribution in [2.24, 2.45) is 16.3 Å². The van der Waals surface area contributed by atoms with E-state index in [-0.39, 0.29) is 16.9 Å². The van der Waals surface area contributed by atoms with Crippen molar-refractivity contribution in [3.05, 3.63) is 93.0 Å². The number of fused-ring (bicyclic) bond motifs is 1. The normalized spacial score (nSPS) is 15.3. The van der Waals surface area contributed by atoms with Crippen LogP contribution in [0.15, 0.2) is 70.1 Å². The van der Waals surface area contributed by atoms with Crippen LogP contribution in [0.5, 0.6) is 0 Å². The van der Waals surface area contributed by atoms with Gasteiger partial charge in [-0.3, -0.25) is 4.79 Å².